The molecule has 0 aromatic rings. The first kappa shape index (κ1) is 25.6. The average molecular weight is 452 g/mol. The number of allylic oxidation sites excluding steroid dienone is 1. The molecule has 0 bridgehead atoms. The zero-order chi connectivity index (χ0) is 22.8. The smallest absolute Gasteiger partial charge is 0.408 e. The van der Waals surface area contributed by atoms with E-state index < -0.39 is 48.1 Å². The molecule has 1 fully saturated rings. The lowest BCUT2D eigenvalue weighted by Gasteiger charge is -2.40. The molecule has 0 spiro atoms. The highest BCUT2D eigenvalue weighted by Crippen LogP contribution is 2.47. The van der Waals surface area contributed by atoms with Crippen LogP contribution in [0.1, 0.15) is 33.6 Å². The van der Waals surface area contributed by atoms with Crippen LogP contribution in [0, 0.1) is 5.41 Å². The molecule has 1 amide bonds. The summed E-state index contributed by atoms with van der Waals surface area (Å²) in [7, 11) is -6.10. The lowest BCUT2D eigenvalue weighted by atomic mass is 9.73. The second kappa shape index (κ2) is 8.74. The Labute approximate surface area is 173 Å². The molecule has 3 atom stereocenters. The maximum absolute atomic E-state index is 12.1. The summed E-state index contributed by atoms with van der Waals surface area (Å²) in [5.41, 5.74) is -1.32. The fraction of sp³-hybridized carbons (Fsp3) is 0.778. The first-order chi connectivity index (χ1) is 13.0. The average Bonchev–Trinajstić information content (AvgIpc) is 2.79. The van der Waals surface area contributed by atoms with Gasteiger partial charge in [0.1, 0.15) is 12.1 Å². The van der Waals surface area contributed by atoms with Gasteiger partial charge in [0.05, 0.1) is 12.8 Å². The Morgan fingerprint density at radius 1 is 1.31 bits per heavy atom. The highest BCUT2D eigenvalue weighted by molar-refractivity contribution is 7.86. The standard InChI is InChI=1S/C18H33NO8SSi/c1-8-9-18(10-11-26-29(6,7)17(2,3)4)13(27-28(5,24)25)12-19(16(22)23)14(18)15(20)21/h8,13-14H,1,9-12H2,2-7H3,(H,20,21)(H,22,23)/t13-,14-,18+/m1/s1. The van der Waals surface area contributed by atoms with E-state index in [0.29, 0.717) is 0 Å². The van der Waals surface area contributed by atoms with Gasteiger partial charge >= 0.3 is 12.1 Å². The van der Waals surface area contributed by atoms with Crippen molar-refractivity contribution in [1.29, 1.82) is 0 Å². The van der Waals surface area contributed by atoms with E-state index in [0.717, 1.165) is 11.2 Å². The number of hydrogen-bond acceptors (Lipinski definition) is 6. The minimum atomic E-state index is -3.95. The van der Waals surface area contributed by atoms with Crippen LogP contribution < -0.4 is 0 Å². The Bertz CT molecular complexity index is 745. The van der Waals surface area contributed by atoms with Crippen LogP contribution in [-0.2, 0) is 23.5 Å². The fourth-order valence-electron chi connectivity index (χ4n) is 3.48. The number of likely N-dealkylation sites (tertiary alicyclic amines) is 1. The van der Waals surface area contributed by atoms with Crippen molar-refractivity contribution in [1.82, 2.24) is 4.90 Å². The third-order valence-corrected chi connectivity index (χ3v) is 11.1. The number of amides is 1. The minimum absolute atomic E-state index is 0.0643. The predicted octanol–water partition coefficient (Wildman–Crippen LogP) is 2.75. The van der Waals surface area contributed by atoms with Crippen molar-refractivity contribution in [3.05, 3.63) is 12.7 Å². The summed E-state index contributed by atoms with van der Waals surface area (Å²) in [4.78, 5) is 24.5. The lowest BCUT2D eigenvalue weighted by Crippen LogP contribution is -2.51. The van der Waals surface area contributed by atoms with E-state index in [1.54, 1.807) is 0 Å². The third kappa shape index (κ3) is 5.80. The molecule has 1 aliphatic heterocycles. The zero-order valence-electron chi connectivity index (χ0n) is 18.0. The zero-order valence-corrected chi connectivity index (χ0v) is 19.8. The molecular weight excluding hydrogens is 418 g/mol. The second-order valence-electron chi connectivity index (χ2n) is 9.05. The molecule has 1 saturated heterocycles. The normalized spacial score (nSPS) is 25.8. The van der Waals surface area contributed by atoms with E-state index in [1.165, 1.54) is 6.08 Å². The molecule has 1 heterocycles. The van der Waals surface area contributed by atoms with Crippen LogP contribution in [0.2, 0.25) is 18.1 Å². The van der Waals surface area contributed by atoms with E-state index in [9.17, 15) is 28.2 Å². The highest BCUT2D eigenvalue weighted by atomic mass is 32.2. The SMILES string of the molecule is C=CC[C@]1(CCO[Si](C)(C)C(C)(C)C)[C@H](OS(C)(=O)=O)CN(C(=O)O)[C@@H]1C(=O)O. The number of rotatable bonds is 9. The minimum Gasteiger partial charge on any atom is -0.480 e. The molecule has 0 aromatic heterocycles. The van der Waals surface area contributed by atoms with Crippen molar-refractivity contribution in [2.24, 2.45) is 5.41 Å². The van der Waals surface area contributed by atoms with Gasteiger partial charge in [-0.05, 0) is 31.0 Å². The van der Waals surface area contributed by atoms with Crippen LogP contribution in [0.3, 0.4) is 0 Å². The van der Waals surface area contributed by atoms with Crippen LogP contribution in [-0.4, -0.2) is 75.5 Å². The molecule has 0 unspecified atom stereocenters. The van der Waals surface area contributed by atoms with Crippen LogP contribution >= 0.6 is 0 Å². The molecule has 1 rings (SSSR count). The monoisotopic (exact) mass is 451 g/mol. The number of aliphatic carboxylic acids is 1. The Morgan fingerprint density at radius 3 is 2.24 bits per heavy atom. The van der Waals surface area contributed by atoms with Gasteiger partial charge < -0.3 is 14.6 Å². The van der Waals surface area contributed by atoms with E-state index >= 15 is 0 Å². The van der Waals surface area contributed by atoms with Crippen molar-refractivity contribution < 1.29 is 36.8 Å². The summed E-state index contributed by atoms with van der Waals surface area (Å²) < 4.78 is 35.0. The Hall–Kier alpha value is -1.43. The molecule has 0 radical (unpaired) electrons. The van der Waals surface area contributed by atoms with Crippen molar-refractivity contribution in [2.75, 3.05) is 19.4 Å². The second-order valence-corrected chi connectivity index (χ2v) is 15.5. The van der Waals surface area contributed by atoms with Crippen molar-refractivity contribution in [2.45, 2.75) is 63.9 Å². The van der Waals surface area contributed by atoms with Gasteiger partial charge in [0.2, 0.25) is 0 Å². The van der Waals surface area contributed by atoms with Crippen molar-refractivity contribution in [3.63, 3.8) is 0 Å². The fourth-order valence-corrected chi connectivity index (χ4v) is 5.20. The quantitative estimate of drug-likeness (QED) is 0.311. The van der Waals surface area contributed by atoms with Gasteiger partial charge in [-0.3, -0.25) is 9.08 Å². The lowest BCUT2D eigenvalue weighted by molar-refractivity contribution is -0.146. The van der Waals surface area contributed by atoms with Gasteiger partial charge in [-0.15, -0.1) is 6.58 Å². The van der Waals surface area contributed by atoms with E-state index in [1.807, 2.05) is 13.1 Å². The molecule has 11 heteroatoms. The van der Waals surface area contributed by atoms with Gasteiger partial charge in [0, 0.05) is 12.0 Å². The highest BCUT2D eigenvalue weighted by Gasteiger charge is 2.60. The van der Waals surface area contributed by atoms with Crippen molar-refractivity contribution >= 4 is 30.5 Å². The third-order valence-electron chi connectivity index (χ3n) is 5.99. The van der Waals surface area contributed by atoms with Gasteiger partial charge in [-0.1, -0.05) is 26.8 Å². The van der Waals surface area contributed by atoms with Gasteiger partial charge in [0.25, 0.3) is 10.1 Å². The number of hydrogen-bond donors (Lipinski definition) is 2. The largest absolute Gasteiger partial charge is 0.480 e. The van der Waals surface area contributed by atoms with Gasteiger partial charge in [0.15, 0.2) is 8.32 Å². The molecule has 0 saturated carbocycles. The molecule has 0 aliphatic carbocycles. The number of nitrogens with zero attached hydrogens (tertiary/aromatic N) is 1. The van der Waals surface area contributed by atoms with Gasteiger partial charge in [-0.2, -0.15) is 8.42 Å². The van der Waals surface area contributed by atoms with Gasteiger partial charge in [-0.25, -0.2) is 9.59 Å². The van der Waals surface area contributed by atoms with E-state index in [4.69, 9.17) is 8.61 Å². The summed E-state index contributed by atoms with van der Waals surface area (Å²) in [6, 6.07) is -1.48. The molecule has 0 aromatic carbocycles. The van der Waals surface area contributed by atoms with Crippen LogP contribution in [0.25, 0.3) is 0 Å². The molecular formula is C18H33NO8SSi. The summed E-state index contributed by atoms with van der Waals surface area (Å²) in [6.45, 7) is 13.7. The van der Waals surface area contributed by atoms with Crippen LogP contribution in [0.15, 0.2) is 12.7 Å². The van der Waals surface area contributed by atoms with Crippen LogP contribution in [0.5, 0.6) is 0 Å². The molecule has 29 heavy (non-hydrogen) atoms. The van der Waals surface area contributed by atoms with E-state index in [-0.39, 0.29) is 31.0 Å². The predicted molar refractivity (Wildman–Crippen MR) is 111 cm³/mol. The summed E-state index contributed by atoms with van der Waals surface area (Å²) in [5, 5.41) is 19.3. The molecule has 168 valence electrons. The van der Waals surface area contributed by atoms with Crippen molar-refractivity contribution in [3.8, 4) is 0 Å². The maximum Gasteiger partial charge on any atom is 0.408 e. The van der Waals surface area contributed by atoms with Crippen LogP contribution in [0.4, 0.5) is 4.79 Å². The summed E-state index contributed by atoms with van der Waals surface area (Å²) >= 11 is 0. The molecule has 9 nitrogen and oxygen atoms in total. The maximum atomic E-state index is 12.1. The topological polar surface area (TPSA) is 130 Å². The van der Waals surface area contributed by atoms with E-state index in [2.05, 4.69) is 27.4 Å². The number of carboxylic acid groups (broad SMARTS) is 2. The number of carboxylic acids is 1. The summed E-state index contributed by atoms with van der Waals surface area (Å²) in [5.74, 6) is -1.36. The summed E-state index contributed by atoms with van der Waals surface area (Å²) in [6.07, 6.45) is -0.101. The first-order valence-electron chi connectivity index (χ1n) is 9.34. The molecule has 2 N–H and O–H groups in total. The Morgan fingerprint density at radius 2 is 1.86 bits per heavy atom. The molecule has 1 aliphatic rings. The number of carbonyl (C=O) groups is 2. The Kier molecular flexibility index (Phi) is 7.72. The first-order valence-corrected chi connectivity index (χ1v) is 14.1. The Balaban J connectivity index is 3.36.